The van der Waals surface area contributed by atoms with Gasteiger partial charge in [-0.25, -0.2) is 9.98 Å². The fourth-order valence-corrected chi connectivity index (χ4v) is 4.00. The molecule has 0 fully saturated rings. The Morgan fingerprint density at radius 1 is 1.08 bits per heavy atom. The highest BCUT2D eigenvalue weighted by atomic mass is 32.1. The lowest BCUT2D eigenvalue weighted by Gasteiger charge is -2.09. The molecule has 0 atom stereocenters. The number of fused-ring (bicyclic) bond motifs is 2. The van der Waals surface area contributed by atoms with Crippen molar-refractivity contribution >= 4 is 32.8 Å². The lowest BCUT2D eigenvalue weighted by molar-refractivity contribution is 1.09. The second-order valence-corrected chi connectivity index (χ2v) is 7.51. The second kappa shape index (κ2) is 6.85. The van der Waals surface area contributed by atoms with Crippen LogP contribution < -0.4 is 5.36 Å². The summed E-state index contributed by atoms with van der Waals surface area (Å²) in [7, 11) is 0. The standard InChI is InChI=1S/C23H20N2S/c1-4-16-13-21-23(26-22-11-6-5-10-19(22)25-21)14-20(16)24-18-9-7-8-17(12-18)15(2)3/h5-14H,2,4H2,1,3H3. The zero-order valence-corrected chi connectivity index (χ0v) is 15.8. The predicted molar refractivity (Wildman–Crippen MR) is 112 cm³/mol. The van der Waals surface area contributed by atoms with Gasteiger partial charge in [-0.1, -0.05) is 43.3 Å². The fraction of sp³-hybridized carbons (Fsp3) is 0.130. The van der Waals surface area contributed by atoms with E-state index in [1.807, 2.05) is 25.1 Å². The summed E-state index contributed by atoms with van der Waals surface area (Å²) in [4.78, 5) is 10.9. The molecule has 0 radical (unpaired) electrons. The normalized spacial score (nSPS) is 12.0. The van der Waals surface area contributed by atoms with E-state index in [9.17, 15) is 0 Å². The van der Waals surface area contributed by atoms with E-state index in [1.165, 1.54) is 10.3 Å². The number of rotatable bonds is 3. The van der Waals surface area contributed by atoms with E-state index in [4.69, 9.17) is 9.98 Å². The van der Waals surface area contributed by atoms with Crippen LogP contribution >= 0.6 is 11.3 Å². The van der Waals surface area contributed by atoms with Gasteiger partial charge in [0.25, 0.3) is 0 Å². The number of para-hydroxylation sites is 1. The van der Waals surface area contributed by atoms with Crippen molar-refractivity contribution in [3.05, 3.63) is 83.7 Å². The number of hydrogen-bond donors (Lipinski definition) is 0. The lowest BCUT2D eigenvalue weighted by atomic mass is 10.1. The van der Waals surface area contributed by atoms with Crippen LogP contribution in [0.2, 0.25) is 0 Å². The highest BCUT2D eigenvalue weighted by Crippen LogP contribution is 2.30. The van der Waals surface area contributed by atoms with E-state index in [2.05, 4.69) is 56.0 Å². The molecular weight excluding hydrogens is 336 g/mol. The Morgan fingerprint density at radius 2 is 1.92 bits per heavy atom. The Bertz CT molecular complexity index is 1150. The molecule has 128 valence electrons. The molecule has 1 heterocycles. The van der Waals surface area contributed by atoms with E-state index >= 15 is 0 Å². The van der Waals surface area contributed by atoms with Crippen molar-refractivity contribution in [1.82, 2.24) is 4.98 Å². The van der Waals surface area contributed by atoms with Gasteiger partial charge in [-0.05, 0) is 60.9 Å². The molecule has 1 aliphatic heterocycles. The first kappa shape index (κ1) is 16.7. The summed E-state index contributed by atoms with van der Waals surface area (Å²) in [6.07, 6.45) is 0.925. The summed E-state index contributed by atoms with van der Waals surface area (Å²) in [5, 5.41) is 1.02. The Balaban J connectivity index is 1.94. The van der Waals surface area contributed by atoms with Crippen molar-refractivity contribution < 1.29 is 0 Å². The molecule has 2 nitrogen and oxygen atoms in total. The van der Waals surface area contributed by atoms with Crippen LogP contribution in [0.5, 0.6) is 0 Å². The van der Waals surface area contributed by atoms with Gasteiger partial charge in [0.05, 0.1) is 31.8 Å². The van der Waals surface area contributed by atoms with Crippen LogP contribution in [0.4, 0.5) is 5.69 Å². The highest BCUT2D eigenvalue weighted by Gasteiger charge is 2.10. The molecule has 0 aromatic heterocycles. The van der Waals surface area contributed by atoms with Gasteiger partial charge in [0.1, 0.15) is 0 Å². The average molecular weight is 356 g/mol. The van der Waals surface area contributed by atoms with E-state index in [0.717, 1.165) is 44.7 Å². The van der Waals surface area contributed by atoms with Gasteiger partial charge in [-0.15, -0.1) is 11.3 Å². The number of allylic oxidation sites excluding steroid dienone is 1. The van der Waals surface area contributed by atoms with Crippen molar-refractivity contribution in [2.45, 2.75) is 20.3 Å². The molecule has 3 heteroatoms. The quantitative estimate of drug-likeness (QED) is 0.399. The third-order valence-electron chi connectivity index (χ3n) is 4.46. The monoisotopic (exact) mass is 356 g/mol. The first-order valence-corrected chi connectivity index (χ1v) is 9.59. The zero-order valence-electron chi connectivity index (χ0n) is 15.0. The van der Waals surface area contributed by atoms with Gasteiger partial charge in [0, 0.05) is 0 Å². The maximum absolute atomic E-state index is 4.92. The minimum atomic E-state index is 0.925. The molecule has 0 saturated heterocycles. The number of hydrogen-bond acceptors (Lipinski definition) is 3. The van der Waals surface area contributed by atoms with E-state index in [-0.39, 0.29) is 0 Å². The summed E-state index contributed by atoms with van der Waals surface area (Å²) in [6.45, 7) is 8.21. The van der Waals surface area contributed by atoms with Crippen LogP contribution in [-0.4, -0.2) is 4.98 Å². The Kier molecular flexibility index (Phi) is 4.39. The highest BCUT2D eigenvalue weighted by molar-refractivity contribution is 7.21. The number of aromatic nitrogens is 1. The van der Waals surface area contributed by atoms with Gasteiger partial charge in [0.15, 0.2) is 0 Å². The first-order valence-electron chi connectivity index (χ1n) is 8.77. The van der Waals surface area contributed by atoms with Crippen molar-refractivity contribution in [2.75, 3.05) is 0 Å². The first-order chi connectivity index (χ1) is 12.6. The molecule has 0 amide bonds. The minimum Gasteiger partial charge on any atom is -0.249 e. The van der Waals surface area contributed by atoms with Crippen LogP contribution in [0, 0.1) is 0 Å². The Hall–Kier alpha value is -2.78. The SMILES string of the molecule is C=C(C)c1cccc(N=c2cc3sc4ccccc4nc-3cc2CC)c1. The van der Waals surface area contributed by atoms with Crippen molar-refractivity contribution in [1.29, 1.82) is 0 Å². The third-order valence-corrected chi connectivity index (χ3v) is 5.57. The summed E-state index contributed by atoms with van der Waals surface area (Å²) in [5.41, 5.74) is 6.44. The molecule has 2 aromatic carbocycles. The topological polar surface area (TPSA) is 25.2 Å². The van der Waals surface area contributed by atoms with E-state index in [1.54, 1.807) is 11.3 Å². The van der Waals surface area contributed by atoms with E-state index < -0.39 is 0 Å². The maximum atomic E-state index is 4.92. The number of aryl methyl sites for hydroxylation is 1. The second-order valence-electron chi connectivity index (χ2n) is 6.43. The molecule has 1 aliphatic carbocycles. The summed E-state index contributed by atoms with van der Waals surface area (Å²) >= 11 is 1.77. The zero-order chi connectivity index (χ0) is 18.1. The van der Waals surface area contributed by atoms with Gasteiger partial charge < -0.3 is 0 Å². The molecule has 2 aromatic rings. The molecular formula is C23H20N2S. The molecule has 26 heavy (non-hydrogen) atoms. The minimum absolute atomic E-state index is 0.925. The molecule has 0 bridgehead atoms. The molecule has 0 spiro atoms. The third kappa shape index (κ3) is 3.18. The molecule has 2 aliphatic rings. The van der Waals surface area contributed by atoms with Crippen molar-refractivity contribution in [2.24, 2.45) is 4.99 Å². The van der Waals surface area contributed by atoms with Gasteiger partial charge in [0.2, 0.25) is 0 Å². The van der Waals surface area contributed by atoms with Gasteiger partial charge >= 0.3 is 0 Å². The number of nitrogens with zero attached hydrogens (tertiary/aromatic N) is 2. The predicted octanol–water partition coefficient (Wildman–Crippen LogP) is 6.23. The molecule has 0 saturated carbocycles. The van der Waals surface area contributed by atoms with Crippen LogP contribution in [0.3, 0.4) is 0 Å². The van der Waals surface area contributed by atoms with Gasteiger partial charge in [-0.3, -0.25) is 0 Å². The summed E-state index contributed by atoms with van der Waals surface area (Å²) in [6, 6.07) is 20.9. The lowest BCUT2D eigenvalue weighted by Crippen LogP contribution is -2.10. The largest absolute Gasteiger partial charge is 0.249 e. The molecule has 0 unspecified atom stereocenters. The molecule has 0 N–H and O–H groups in total. The molecule has 4 rings (SSSR count). The maximum Gasteiger partial charge on any atom is 0.0814 e. The van der Waals surface area contributed by atoms with Crippen LogP contribution in [-0.2, 0) is 6.42 Å². The smallest absolute Gasteiger partial charge is 0.0814 e. The summed E-state index contributed by atoms with van der Waals surface area (Å²) in [5.74, 6) is 0. The van der Waals surface area contributed by atoms with E-state index in [0.29, 0.717) is 0 Å². The summed E-state index contributed by atoms with van der Waals surface area (Å²) < 4.78 is 1.19. The fourth-order valence-electron chi connectivity index (χ4n) is 3.02. The Morgan fingerprint density at radius 3 is 2.73 bits per heavy atom. The van der Waals surface area contributed by atoms with Crippen LogP contribution in [0.1, 0.15) is 25.0 Å². The van der Waals surface area contributed by atoms with Crippen LogP contribution in [0.25, 0.3) is 26.4 Å². The van der Waals surface area contributed by atoms with Crippen molar-refractivity contribution in [3.8, 4) is 10.6 Å². The van der Waals surface area contributed by atoms with Crippen LogP contribution in [0.15, 0.2) is 72.2 Å². The van der Waals surface area contributed by atoms with Crippen molar-refractivity contribution in [3.63, 3.8) is 0 Å². The Labute approximate surface area is 157 Å². The van der Waals surface area contributed by atoms with Gasteiger partial charge in [-0.2, -0.15) is 0 Å². The number of benzene rings is 3. The average Bonchev–Trinajstić information content (AvgIpc) is 2.66.